The topological polar surface area (TPSA) is 41.8 Å². The molecule has 7 heteroatoms. The highest BCUT2D eigenvalue weighted by molar-refractivity contribution is 7.71. The molecule has 3 rings (SSSR count). The van der Waals surface area contributed by atoms with Crippen LogP contribution in [-0.2, 0) is 0 Å². The van der Waals surface area contributed by atoms with Crippen molar-refractivity contribution in [3.63, 3.8) is 0 Å². The lowest BCUT2D eigenvalue weighted by Gasteiger charge is -1.90. The Morgan fingerprint density at radius 1 is 1.47 bits per heavy atom. The summed E-state index contributed by atoms with van der Waals surface area (Å²) < 4.78 is 19.0. The first-order chi connectivity index (χ1) is 8.15. The number of aromatic amines is 1. The summed E-state index contributed by atoms with van der Waals surface area (Å²) in [6.45, 7) is 0. The van der Waals surface area contributed by atoms with Crippen LogP contribution in [0.25, 0.3) is 20.9 Å². The van der Waals surface area contributed by atoms with Crippen LogP contribution in [0.2, 0.25) is 5.02 Å². The number of aromatic nitrogens is 2. The Morgan fingerprint density at radius 3 is 3.00 bits per heavy atom. The molecule has 0 saturated carbocycles. The van der Waals surface area contributed by atoms with Crippen LogP contribution in [0, 0.1) is 10.7 Å². The summed E-state index contributed by atoms with van der Waals surface area (Å²) in [5.74, 6) is 0.0199. The molecule has 0 spiro atoms. The van der Waals surface area contributed by atoms with Crippen LogP contribution in [0.5, 0.6) is 0 Å². The van der Waals surface area contributed by atoms with Gasteiger partial charge in [0.25, 0.3) is 10.7 Å². The first kappa shape index (κ1) is 10.9. The Bertz CT molecular complexity index is 761. The van der Waals surface area contributed by atoms with Gasteiger partial charge in [-0.25, -0.2) is 9.49 Å². The molecule has 3 nitrogen and oxygen atoms in total. The Balaban J connectivity index is 2.31. The van der Waals surface area contributed by atoms with Crippen LogP contribution in [0.15, 0.2) is 22.6 Å². The lowest BCUT2D eigenvalue weighted by molar-refractivity contribution is 0.553. The van der Waals surface area contributed by atoms with Crippen LogP contribution in [-0.4, -0.2) is 10.2 Å². The fourth-order valence-corrected chi connectivity index (χ4v) is 3.09. The second kappa shape index (κ2) is 3.90. The van der Waals surface area contributed by atoms with E-state index in [0.29, 0.717) is 15.8 Å². The van der Waals surface area contributed by atoms with Gasteiger partial charge in [-0.1, -0.05) is 11.6 Å². The van der Waals surface area contributed by atoms with E-state index >= 15 is 0 Å². The minimum Gasteiger partial charge on any atom is -0.408 e. The van der Waals surface area contributed by atoms with Gasteiger partial charge in [0, 0.05) is 10.1 Å². The van der Waals surface area contributed by atoms with Gasteiger partial charge >= 0.3 is 0 Å². The van der Waals surface area contributed by atoms with E-state index in [1.807, 2.05) is 0 Å². The second-order valence-electron chi connectivity index (χ2n) is 3.30. The molecule has 0 unspecified atom stereocenters. The van der Waals surface area contributed by atoms with Crippen LogP contribution < -0.4 is 0 Å². The van der Waals surface area contributed by atoms with Crippen molar-refractivity contribution in [2.24, 2.45) is 0 Å². The van der Waals surface area contributed by atoms with Crippen LogP contribution >= 0.6 is 35.2 Å². The number of halogens is 2. The fraction of sp³-hybridized carbons (Fsp3) is 0. The number of hydrogen-bond acceptors (Lipinski definition) is 4. The van der Waals surface area contributed by atoms with Gasteiger partial charge in [-0.2, -0.15) is 0 Å². The third-order valence-electron chi connectivity index (χ3n) is 2.22. The summed E-state index contributed by atoms with van der Waals surface area (Å²) in [6, 6.07) is 4.43. The maximum Gasteiger partial charge on any atom is 0.284 e. The summed E-state index contributed by atoms with van der Waals surface area (Å²) in [4.78, 5) is 0.819. The molecule has 3 aromatic rings. The zero-order chi connectivity index (χ0) is 12.0. The zero-order valence-corrected chi connectivity index (χ0v) is 10.5. The number of H-pyrrole nitrogens is 1. The molecule has 0 atom stereocenters. The van der Waals surface area contributed by atoms with Crippen molar-refractivity contribution in [2.75, 3.05) is 0 Å². The van der Waals surface area contributed by atoms with Gasteiger partial charge in [0.05, 0.1) is 5.02 Å². The SMILES string of the molecule is Fc1ccc2c(Cl)c(-c3n[nH]c(=S)o3)sc2c1. The highest BCUT2D eigenvalue weighted by Gasteiger charge is 2.16. The number of benzene rings is 1. The summed E-state index contributed by atoms with van der Waals surface area (Å²) in [6.07, 6.45) is 0. The third kappa shape index (κ3) is 1.78. The molecule has 0 radical (unpaired) electrons. The average molecular weight is 287 g/mol. The van der Waals surface area contributed by atoms with Crippen LogP contribution in [0.4, 0.5) is 4.39 Å². The van der Waals surface area contributed by atoms with Crippen LogP contribution in [0.3, 0.4) is 0 Å². The van der Waals surface area contributed by atoms with E-state index in [1.165, 1.54) is 23.5 Å². The van der Waals surface area contributed by atoms with Gasteiger partial charge in [0.15, 0.2) is 0 Å². The molecule has 0 saturated heterocycles. The first-order valence-electron chi connectivity index (χ1n) is 4.58. The number of thiophene rings is 1. The summed E-state index contributed by atoms with van der Waals surface area (Å²) in [7, 11) is 0. The lowest BCUT2D eigenvalue weighted by atomic mass is 10.2. The molecule has 2 aromatic heterocycles. The highest BCUT2D eigenvalue weighted by atomic mass is 35.5. The van der Waals surface area contributed by atoms with Crippen molar-refractivity contribution >= 4 is 45.2 Å². The molecule has 86 valence electrons. The van der Waals surface area contributed by atoms with E-state index in [-0.39, 0.29) is 10.7 Å². The molecule has 0 fully saturated rings. The normalized spacial score (nSPS) is 11.2. The minimum absolute atomic E-state index is 0.180. The van der Waals surface area contributed by atoms with Crippen molar-refractivity contribution in [3.8, 4) is 10.8 Å². The smallest absolute Gasteiger partial charge is 0.284 e. The predicted octanol–water partition coefficient (Wildman–Crippen LogP) is 4.41. The maximum absolute atomic E-state index is 13.1. The van der Waals surface area contributed by atoms with Crippen molar-refractivity contribution in [2.45, 2.75) is 0 Å². The Morgan fingerprint density at radius 2 is 2.29 bits per heavy atom. The third-order valence-corrected chi connectivity index (χ3v) is 4.04. The number of nitrogens with zero attached hydrogens (tertiary/aromatic N) is 1. The van der Waals surface area contributed by atoms with E-state index in [2.05, 4.69) is 10.2 Å². The van der Waals surface area contributed by atoms with E-state index < -0.39 is 0 Å². The second-order valence-corrected chi connectivity index (χ2v) is 5.10. The van der Waals surface area contributed by atoms with E-state index in [9.17, 15) is 4.39 Å². The summed E-state index contributed by atoms with van der Waals surface area (Å²) in [5, 5.41) is 7.69. The molecule has 0 bridgehead atoms. The fourth-order valence-electron chi connectivity index (χ4n) is 1.50. The molecular formula is C10H4ClFN2OS2. The number of fused-ring (bicyclic) bond motifs is 1. The Hall–Kier alpha value is -1.24. The van der Waals surface area contributed by atoms with Crippen molar-refractivity contribution in [3.05, 3.63) is 33.9 Å². The molecular weight excluding hydrogens is 283 g/mol. The van der Waals surface area contributed by atoms with Gasteiger partial charge in [0.2, 0.25) is 0 Å². The Kier molecular flexibility index (Phi) is 2.50. The molecule has 0 aliphatic rings. The largest absolute Gasteiger partial charge is 0.408 e. The van der Waals surface area contributed by atoms with Gasteiger partial charge in [-0.3, -0.25) is 0 Å². The van der Waals surface area contributed by atoms with Gasteiger partial charge in [-0.05, 0) is 30.4 Å². The molecule has 0 amide bonds. The van der Waals surface area contributed by atoms with Crippen molar-refractivity contribution in [1.29, 1.82) is 0 Å². The van der Waals surface area contributed by atoms with E-state index in [0.717, 1.165) is 10.1 Å². The lowest BCUT2D eigenvalue weighted by Crippen LogP contribution is -1.73. The van der Waals surface area contributed by atoms with Gasteiger partial charge in [-0.15, -0.1) is 16.4 Å². The molecule has 0 aliphatic carbocycles. The number of hydrogen-bond donors (Lipinski definition) is 1. The Labute approximate surface area is 109 Å². The van der Waals surface area contributed by atoms with E-state index in [4.69, 9.17) is 28.2 Å². The summed E-state index contributed by atoms with van der Waals surface area (Å²) in [5.41, 5.74) is 0. The quantitative estimate of drug-likeness (QED) is 0.674. The predicted molar refractivity (Wildman–Crippen MR) is 67.5 cm³/mol. The van der Waals surface area contributed by atoms with Crippen molar-refractivity contribution < 1.29 is 8.81 Å². The molecule has 1 aromatic carbocycles. The molecule has 2 heterocycles. The minimum atomic E-state index is -0.301. The standard InChI is InChI=1S/C10H4ClFN2OS2/c11-7-5-2-1-4(12)3-6(5)17-8(7)9-13-14-10(16)15-9/h1-3H,(H,14,16). The number of rotatable bonds is 1. The first-order valence-corrected chi connectivity index (χ1v) is 6.19. The van der Waals surface area contributed by atoms with Crippen LogP contribution in [0.1, 0.15) is 0 Å². The zero-order valence-electron chi connectivity index (χ0n) is 8.16. The molecule has 0 aliphatic heterocycles. The van der Waals surface area contributed by atoms with Gasteiger partial charge in [0.1, 0.15) is 10.7 Å². The molecule has 17 heavy (non-hydrogen) atoms. The summed E-state index contributed by atoms with van der Waals surface area (Å²) >= 11 is 12.3. The van der Waals surface area contributed by atoms with E-state index in [1.54, 1.807) is 6.07 Å². The van der Waals surface area contributed by atoms with Gasteiger partial charge < -0.3 is 4.42 Å². The highest BCUT2D eigenvalue weighted by Crippen LogP contribution is 2.41. The average Bonchev–Trinajstić information content (AvgIpc) is 2.83. The maximum atomic E-state index is 13.1. The monoisotopic (exact) mass is 286 g/mol. The number of nitrogens with one attached hydrogen (secondary N) is 1. The molecule has 1 N–H and O–H groups in total. The van der Waals surface area contributed by atoms with Crippen molar-refractivity contribution in [1.82, 2.24) is 10.2 Å².